The van der Waals surface area contributed by atoms with Crippen molar-refractivity contribution in [3.05, 3.63) is 29.6 Å². The second-order valence-corrected chi connectivity index (χ2v) is 3.75. The van der Waals surface area contributed by atoms with E-state index in [4.69, 9.17) is 5.11 Å². The van der Waals surface area contributed by atoms with Crippen LogP contribution in [0.15, 0.2) is 18.2 Å². The predicted molar refractivity (Wildman–Crippen MR) is 56.6 cm³/mol. The van der Waals surface area contributed by atoms with E-state index in [1.807, 2.05) is 0 Å². The van der Waals surface area contributed by atoms with Crippen molar-refractivity contribution in [2.75, 3.05) is 7.05 Å². The van der Waals surface area contributed by atoms with Gasteiger partial charge in [0.25, 0.3) is 0 Å². The Hall–Kier alpha value is -1.62. The minimum atomic E-state index is -0.942. The molecule has 0 aromatic heterocycles. The number of benzene rings is 1. The van der Waals surface area contributed by atoms with Crippen LogP contribution in [0.3, 0.4) is 0 Å². The van der Waals surface area contributed by atoms with Crippen LogP contribution >= 0.6 is 0 Å². The van der Waals surface area contributed by atoms with Gasteiger partial charge in [-0.05, 0) is 31.7 Å². The van der Waals surface area contributed by atoms with Gasteiger partial charge >= 0.3 is 5.97 Å². The monoisotopic (exact) mass is 227 g/mol. The Balaban J connectivity index is 2.76. The number of phenols is 1. The van der Waals surface area contributed by atoms with Gasteiger partial charge in [-0.3, -0.25) is 9.69 Å². The first kappa shape index (κ1) is 12.4. The molecule has 1 unspecified atom stereocenters. The van der Waals surface area contributed by atoms with Gasteiger partial charge in [-0.25, -0.2) is 4.39 Å². The van der Waals surface area contributed by atoms with E-state index in [-0.39, 0.29) is 12.3 Å². The highest BCUT2D eigenvalue weighted by Gasteiger charge is 2.17. The summed E-state index contributed by atoms with van der Waals surface area (Å²) in [5.41, 5.74) is 0.535. The maximum Gasteiger partial charge on any atom is 0.320 e. The summed E-state index contributed by atoms with van der Waals surface area (Å²) in [6, 6.07) is 3.02. The molecule has 1 atom stereocenters. The Morgan fingerprint density at radius 2 is 2.12 bits per heavy atom. The lowest BCUT2D eigenvalue weighted by Crippen LogP contribution is -2.35. The van der Waals surface area contributed by atoms with Gasteiger partial charge in [0.15, 0.2) is 0 Å². The van der Waals surface area contributed by atoms with Gasteiger partial charge < -0.3 is 10.2 Å². The number of carboxylic acids is 1. The molecule has 1 rings (SSSR count). The van der Waals surface area contributed by atoms with Crippen LogP contribution in [-0.4, -0.2) is 34.2 Å². The maximum absolute atomic E-state index is 12.9. The molecular weight excluding hydrogens is 213 g/mol. The number of hydrogen-bond acceptors (Lipinski definition) is 3. The molecule has 0 saturated carbocycles. The Labute approximate surface area is 92.9 Å². The molecule has 0 aliphatic heterocycles. The van der Waals surface area contributed by atoms with Crippen LogP contribution < -0.4 is 0 Å². The summed E-state index contributed by atoms with van der Waals surface area (Å²) in [6.07, 6.45) is 0. The summed E-state index contributed by atoms with van der Waals surface area (Å²) >= 11 is 0. The minimum Gasteiger partial charge on any atom is -0.508 e. The van der Waals surface area contributed by atoms with Crippen molar-refractivity contribution in [3.8, 4) is 5.75 Å². The zero-order valence-electron chi connectivity index (χ0n) is 9.14. The quantitative estimate of drug-likeness (QED) is 0.817. The van der Waals surface area contributed by atoms with Gasteiger partial charge in [-0.15, -0.1) is 0 Å². The number of hydrogen-bond donors (Lipinski definition) is 2. The molecule has 0 radical (unpaired) electrons. The number of nitrogens with zero attached hydrogens (tertiary/aromatic N) is 1. The highest BCUT2D eigenvalue weighted by atomic mass is 19.1. The zero-order valence-corrected chi connectivity index (χ0v) is 9.14. The number of aromatic hydroxyl groups is 1. The van der Waals surface area contributed by atoms with E-state index in [2.05, 4.69) is 0 Å². The number of carboxylic acid groups (broad SMARTS) is 1. The Morgan fingerprint density at radius 1 is 1.50 bits per heavy atom. The lowest BCUT2D eigenvalue weighted by Gasteiger charge is -2.21. The van der Waals surface area contributed by atoms with Crippen molar-refractivity contribution in [2.24, 2.45) is 0 Å². The van der Waals surface area contributed by atoms with Crippen molar-refractivity contribution in [1.29, 1.82) is 0 Å². The van der Waals surface area contributed by atoms with Gasteiger partial charge in [-0.2, -0.15) is 0 Å². The zero-order chi connectivity index (χ0) is 12.3. The molecule has 0 bridgehead atoms. The summed E-state index contributed by atoms with van der Waals surface area (Å²) in [5, 5.41) is 18.0. The lowest BCUT2D eigenvalue weighted by atomic mass is 10.2. The molecule has 2 N–H and O–H groups in total. The average Bonchev–Trinajstić information content (AvgIpc) is 2.14. The van der Waals surface area contributed by atoms with Gasteiger partial charge in [0.05, 0.1) is 0 Å². The van der Waals surface area contributed by atoms with Crippen molar-refractivity contribution in [3.63, 3.8) is 0 Å². The molecule has 0 saturated heterocycles. The predicted octanol–water partition coefficient (Wildman–Crippen LogP) is 1.44. The number of likely N-dealkylation sites (N-methyl/N-ethyl adjacent to an activating group) is 1. The van der Waals surface area contributed by atoms with Crippen LogP contribution in [0.5, 0.6) is 5.75 Å². The van der Waals surface area contributed by atoms with Crippen LogP contribution in [0, 0.1) is 5.82 Å². The fraction of sp³-hybridized carbons (Fsp3) is 0.364. The summed E-state index contributed by atoms with van der Waals surface area (Å²) in [4.78, 5) is 12.3. The Morgan fingerprint density at radius 3 is 2.62 bits per heavy atom. The molecule has 0 aliphatic rings. The fourth-order valence-corrected chi connectivity index (χ4v) is 1.34. The third-order valence-electron chi connectivity index (χ3n) is 2.39. The summed E-state index contributed by atoms with van der Waals surface area (Å²) in [6.45, 7) is 1.81. The lowest BCUT2D eigenvalue weighted by molar-refractivity contribution is -0.142. The standard InChI is InChI=1S/C11H14FNO3/c1-7(11(15)16)13(2)6-8-3-9(12)5-10(14)4-8/h3-5,7,14H,6H2,1-2H3,(H,15,16). The molecule has 5 heteroatoms. The van der Waals surface area contributed by atoms with Crippen molar-refractivity contribution < 1.29 is 19.4 Å². The van der Waals surface area contributed by atoms with Gasteiger partial charge in [0, 0.05) is 12.6 Å². The van der Waals surface area contributed by atoms with Gasteiger partial charge in [0.2, 0.25) is 0 Å². The summed E-state index contributed by atoms with van der Waals surface area (Å²) < 4.78 is 12.9. The number of phenolic OH excluding ortho intramolecular Hbond substituents is 1. The Kier molecular flexibility index (Phi) is 3.84. The highest BCUT2D eigenvalue weighted by Crippen LogP contribution is 2.16. The van der Waals surface area contributed by atoms with Crippen LogP contribution in [0.1, 0.15) is 12.5 Å². The van der Waals surface area contributed by atoms with E-state index in [1.54, 1.807) is 18.9 Å². The fourth-order valence-electron chi connectivity index (χ4n) is 1.34. The van der Waals surface area contributed by atoms with E-state index in [1.165, 1.54) is 12.1 Å². The molecule has 1 aromatic carbocycles. The van der Waals surface area contributed by atoms with Crippen LogP contribution in [0.4, 0.5) is 4.39 Å². The van der Waals surface area contributed by atoms with Crippen molar-refractivity contribution >= 4 is 5.97 Å². The van der Waals surface area contributed by atoms with E-state index >= 15 is 0 Å². The van der Waals surface area contributed by atoms with Crippen LogP contribution in [0.25, 0.3) is 0 Å². The molecule has 0 amide bonds. The van der Waals surface area contributed by atoms with Crippen LogP contribution in [-0.2, 0) is 11.3 Å². The molecule has 1 aromatic rings. The van der Waals surface area contributed by atoms with Crippen molar-refractivity contribution in [1.82, 2.24) is 4.90 Å². The number of halogens is 1. The van der Waals surface area contributed by atoms with Gasteiger partial charge in [0.1, 0.15) is 17.6 Å². The number of aliphatic carboxylic acids is 1. The summed E-state index contributed by atoms with van der Waals surface area (Å²) in [5.74, 6) is -1.64. The minimum absolute atomic E-state index is 0.161. The summed E-state index contributed by atoms with van der Waals surface area (Å²) in [7, 11) is 1.63. The van der Waals surface area contributed by atoms with E-state index in [0.717, 1.165) is 6.07 Å². The molecule has 0 aliphatic carbocycles. The third-order valence-corrected chi connectivity index (χ3v) is 2.39. The first-order valence-corrected chi connectivity index (χ1v) is 4.81. The second kappa shape index (κ2) is 4.94. The molecule has 0 fully saturated rings. The number of rotatable bonds is 4. The molecule has 0 spiro atoms. The second-order valence-electron chi connectivity index (χ2n) is 3.75. The van der Waals surface area contributed by atoms with E-state index in [9.17, 15) is 14.3 Å². The molecule has 4 nitrogen and oxygen atoms in total. The smallest absolute Gasteiger partial charge is 0.320 e. The normalized spacial score (nSPS) is 12.8. The first-order chi connectivity index (χ1) is 7.40. The average molecular weight is 227 g/mol. The number of carbonyl (C=O) groups is 1. The highest BCUT2D eigenvalue weighted by molar-refractivity contribution is 5.72. The first-order valence-electron chi connectivity index (χ1n) is 4.81. The topological polar surface area (TPSA) is 60.8 Å². The van der Waals surface area contributed by atoms with E-state index < -0.39 is 17.8 Å². The van der Waals surface area contributed by atoms with Gasteiger partial charge in [-0.1, -0.05) is 0 Å². The third kappa shape index (κ3) is 3.20. The van der Waals surface area contributed by atoms with Crippen LogP contribution in [0.2, 0.25) is 0 Å². The largest absolute Gasteiger partial charge is 0.508 e. The maximum atomic E-state index is 12.9. The molecule has 88 valence electrons. The molecule has 0 heterocycles. The molecular formula is C11H14FNO3. The van der Waals surface area contributed by atoms with Crippen molar-refractivity contribution in [2.45, 2.75) is 19.5 Å². The van der Waals surface area contributed by atoms with E-state index in [0.29, 0.717) is 5.56 Å². The molecule has 16 heavy (non-hydrogen) atoms. The Bertz CT molecular complexity index is 375. The SMILES string of the molecule is CC(C(=O)O)N(C)Cc1cc(O)cc(F)c1.